The van der Waals surface area contributed by atoms with Crippen molar-refractivity contribution in [1.29, 1.82) is 0 Å². The summed E-state index contributed by atoms with van der Waals surface area (Å²) in [5, 5.41) is 2.85. The zero-order chi connectivity index (χ0) is 19.4. The number of benzene rings is 2. The summed E-state index contributed by atoms with van der Waals surface area (Å²) >= 11 is 2.20. The third-order valence-electron chi connectivity index (χ3n) is 5.94. The highest BCUT2D eigenvalue weighted by Crippen LogP contribution is 2.53. The summed E-state index contributed by atoms with van der Waals surface area (Å²) in [5.74, 6) is -0.695. The van der Waals surface area contributed by atoms with Gasteiger partial charge in [0.05, 0.1) is 17.5 Å². The lowest BCUT2D eigenvalue weighted by Crippen LogP contribution is -2.33. The van der Waals surface area contributed by atoms with Crippen molar-refractivity contribution in [1.82, 2.24) is 0 Å². The van der Waals surface area contributed by atoms with Crippen molar-refractivity contribution in [2.75, 3.05) is 10.2 Å². The fourth-order valence-electron chi connectivity index (χ4n) is 4.68. The summed E-state index contributed by atoms with van der Waals surface area (Å²) in [6, 6.07) is 14.2. The van der Waals surface area contributed by atoms with E-state index in [1.165, 1.54) is 4.90 Å². The average molecular weight is 484 g/mol. The number of nitrogens with zero attached hydrogens (tertiary/aromatic N) is 1. The SMILES string of the molecule is O=C(Nc1ccc(I)cc1)c1cccc(N2C(=O)[C@@H]3[C@@H](C2=O)[C@H]2C=C[C@H]3C2)c1. The Balaban J connectivity index is 1.40. The highest BCUT2D eigenvalue weighted by molar-refractivity contribution is 14.1. The van der Waals surface area contributed by atoms with Crippen LogP contribution in [-0.4, -0.2) is 17.7 Å². The van der Waals surface area contributed by atoms with E-state index < -0.39 is 0 Å². The van der Waals surface area contributed by atoms with Crippen molar-refractivity contribution < 1.29 is 14.4 Å². The van der Waals surface area contributed by atoms with Gasteiger partial charge in [-0.2, -0.15) is 0 Å². The van der Waals surface area contributed by atoms with Crippen molar-refractivity contribution in [3.8, 4) is 0 Å². The summed E-state index contributed by atoms with van der Waals surface area (Å²) in [4.78, 5) is 39.8. The van der Waals surface area contributed by atoms with Gasteiger partial charge in [0.1, 0.15) is 0 Å². The third kappa shape index (κ3) is 2.70. The van der Waals surface area contributed by atoms with Gasteiger partial charge in [0, 0.05) is 14.8 Å². The first-order valence-corrected chi connectivity index (χ1v) is 10.3. The van der Waals surface area contributed by atoms with Crippen molar-refractivity contribution in [3.05, 3.63) is 69.8 Å². The van der Waals surface area contributed by atoms with E-state index in [2.05, 4.69) is 40.1 Å². The smallest absolute Gasteiger partial charge is 0.255 e. The number of carbonyl (C=O) groups excluding carboxylic acids is 3. The molecule has 3 aliphatic rings. The van der Waals surface area contributed by atoms with Crippen LogP contribution < -0.4 is 10.2 Å². The number of carbonyl (C=O) groups is 3. The number of halogens is 1. The normalized spacial score (nSPS) is 27.4. The number of amides is 3. The minimum atomic E-state index is -0.274. The molecule has 0 radical (unpaired) electrons. The van der Waals surface area contributed by atoms with Crippen molar-refractivity contribution in [3.63, 3.8) is 0 Å². The van der Waals surface area contributed by atoms with Crippen LogP contribution in [0, 0.1) is 27.2 Å². The van der Waals surface area contributed by atoms with Crippen LogP contribution in [-0.2, 0) is 9.59 Å². The first kappa shape index (κ1) is 17.6. The number of rotatable bonds is 3. The predicted octanol–water partition coefficient (Wildman–Crippen LogP) is 3.86. The van der Waals surface area contributed by atoms with Crippen LogP contribution in [0.25, 0.3) is 0 Å². The second-order valence-corrected chi connectivity index (χ2v) is 8.77. The maximum atomic E-state index is 13.0. The zero-order valence-electron chi connectivity index (χ0n) is 14.8. The van der Waals surface area contributed by atoms with Crippen LogP contribution in [0.15, 0.2) is 60.7 Å². The van der Waals surface area contributed by atoms with Gasteiger partial charge in [0.15, 0.2) is 0 Å². The molecule has 0 unspecified atom stereocenters. The molecule has 5 nitrogen and oxygen atoms in total. The van der Waals surface area contributed by atoms with Gasteiger partial charge in [0.25, 0.3) is 5.91 Å². The summed E-state index contributed by atoms with van der Waals surface area (Å²) in [6.45, 7) is 0. The molecule has 6 heteroatoms. The lowest BCUT2D eigenvalue weighted by molar-refractivity contribution is -0.123. The highest BCUT2D eigenvalue weighted by atomic mass is 127. The van der Waals surface area contributed by atoms with Crippen LogP contribution in [0.4, 0.5) is 11.4 Å². The van der Waals surface area contributed by atoms with Crippen LogP contribution >= 0.6 is 22.6 Å². The zero-order valence-corrected chi connectivity index (χ0v) is 17.0. The molecule has 3 amide bonds. The molecule has 2 aromatic carbocycles. The predicted molar refractivity (Wildman–Crippen MR) is 114 cm³/mol. The van der Waals surface area contributed by atoms with Crippen molar-refractivity contribution in [2.24, 2.45) is 23.7 Å². The van der Waals surface area contributed by atoms with E-state index >= 15 is 0 Å². The monoisotopic (exact) mass is 484 g/mol. The Bertz CT molecular complexity index is 1000. The maximum Gasteiger partial charge on any atom is 0.255 e. The number of allylic oxidation sites excluding steroid dienone is 2. The largest absolute Gasteiger partial charge is 0.322 e. The first-order chi connectivity index (χ1) is 13.5. The lowest BCUT2D eigenvalue weighted by Gasteiger charge is -2.18. The van der Waals surface area contributed by atoms with E-state index in [-0.39, 0.29) is 41.4 Å². The standard InChI is InChI=1S/C22H17IN2O3/c23-15-6-8-16(9-7-15)24-20(26)14-2-1-3-17(11-14)25-21(27)18-12-4-5-13(10-12)19(18)22(25)28/h1-9,11-13,18-19H,10H2,(H,24,26)/t12-,13-,18-,19-/m0/s1. The van der Waals surface area contributed by atoms with Crippen LogP contribution in [0.3, 0.4) is 0 Å². The Hall–Kier alpha value is -2.48. The lowest BCUT2D eigenvalue weighted by atomic mass is 9.85. The topological polar surface area (TPSA) is 66.5 Å². The van der Waals surface area contributed by atoms with Crippen LogP contribution in [0.5, 0.6) is 0 Å². The summed E-state index contributed by atoms with van der Waals surface area (Å²) < 4.78 is 1.08. The minimum absolute atomic E-state index is 0.137. The summed E-state index contributed by atoms with van der Waals surface area (Å²) in [5.41, 5.74) is 1.58. The molecule has 1 heterocycles. The molecule has 4 atom stereocenters. The molecule has 2 aliphatic carbocycles. The molecule has 0 aromatic heterocycles. The number of fused-ring (bicyclic) bond motifs is 5. The Morgan fingerprint density at radius 2 is 1.61 bits per heavy atom. The van der Waals surface area contributed by atoms with E-state index in [1.807, 2.05) is 24.3 Å². The molecule has 140 valence electrons. The molecule has 1 N–H and O–H groups in total. The Morgan fingerprint density at radius 3 is 2.25 bits per heavy atom. The van der Waals surface area contributed by atoms with Gasteiger partial charge in [-0.05, 0) is 83.3 Å². The van der Waals surface area contributed by atoms with Crippen molar-refractivity contribution in [2.45, 2.75) is 6.42 Å². The van der Waals surface area contributed by atoms with E-state index in [9.17, 15) is 14.4 Å². The van der Waals surface area contributed by atoms with Crippen molar-refractivity contribution >= 4 is 51.7 Å². The summed E-state index contributed by atoms with van der Waals surface area (Å²) in [6.07, 6.45) is 5.05. The first-order valence-electron chi connectivity index (χ1n) is 9.26. The highest BCUT2D eigenvalue weighted by Gasteiger charge is 2.59. The number of nitrogens with one attached hydrogen (secondary N) is 1. The van der Waals surface area contributed by atoms with E-state index in [0.29, 0.717) is 16.9 Å². The molecular weight excluding hydrogens is 467 g/mol. The molecule has 0 spiro atoms. The maximum absolute atomic E-state index is 13.0. The van der Waals surface area contributed by atoms with Gasteiger partial charge < -0.3 is 5.32 Å². The molecule has 28 heavy (non-hydrogen) atoms. The van der Waals surface area contributed by atoms with Gasteiger partial charge in [-0.1, -0.05) is 18.2 Å². The fraction of sp³-hybridized carbons (Fsp3) is 0.227. The molecule has 2 bridgehead atoms. The third-order valence-corrected chi connectivity index (χ3v) is 6.66. The van der Waals surface area contributed by atoms with Gasteiger partial charge in [0.2, 0.25) is 11.8 Å². The van der Waals surface area contributed by atoms with Crippen LogP contribution in [0.2, 0.25) is 0 Å². The molecule has 1 saturated heterocycles. The molecule has 5 rings (SSSR count). The Morgan fingerprint density at radius 1 is 0.964 bits per heavy atom. The average Bonchev–Trinajstić information content (AvgIpc) is 3.37. The molecular formula is C22H17IN2O3. The number of anilines is 2. The number of hydrogen-bond acceptors (Lipinski definition) is 3. The van der Waals surface area contributed by atoms with Gasteiger partial charge >= 0.3 is 0 Å². The van der Waals surface area contributed by atoms with Gasteiger partial charge in [-0.25, -0.2) is 4.90 Å². The molecule has 1 aliphatic heterocycles. The van der Waals surface area contributed by atoms with E-state index in [4.69, 9.17) is 0 Å². The minimum Gasteiger partial charge on any atom is -0.322 e. The second kappa shape index (κ2) is 6.55. The number of hydrogen-bond donors (Lipinski definition) is 1. The molecule has 2 aromatic rings. The second-order valence-electron chi connectivity index (χ2n) is 7.52. The Kier molecular flexibility index (Phi) is 4.12. The Labute approximate surface area is 175 Å². The van der Waals surface area contributed by atoms with E-state index in [0.717, 1.165) is 9.99 Å². The van der Waals surface area contributed by atoms with Gasteiger partial charge in [-0.3, -0.25) is 14.4 Å². The quantitative estimate of drug-likeness (QED) is 0.409. The molecule has 1 saturated carbocycles. The van der Waals surface area contributed by atoms with E-state index in [1.54, 1.807) is 24.3 Å². The molecule has 2 fully saturated rings. The summed E-state index contributed by atoms with van der Waals surface area (Å²) in [7, 11) is 0. The number of imide groups is 1. The fourth-order valence-corrected chi connectivity index (χ4v) is 5.04. The van der Waals surface area contributed by atoms with Crippen LogP contribution in [0.1, 0.15) is 16.8 Å². The van der Waals surface area contributed by atoms with Gasteiger partial charge in [-0.15, -0.1) is 0 Å².